The Morgan fingerprint density at radius 1 is 0.203 bits per heavy atom. The molecule has 0 bridgehead atoms. The van der Waals surface area contributed by atoms with Gasteiger partial charge in [0.2, 0.25) is 0 Å². The van der Waals surface area contributed by atoms with Crippen LogP contribution in [0.15, 0.2) is 370 Å². The molecule has 652 valence electrons. The SMILES string of the molecule is CC(C)(C)c1cc(-c2ccccc2)c(N2c3cc(-n4c5ccc(C(C)(C)C)cc5c5cc(C(C)(C)C)ccc54)ccc3B3c4ccc(-n5c6ccc(C(C)(C)C)cc6c6cc(C(C)(C)C)ccc65)cc4N(c4c(-c5ccccc5)cc(C(C)(C)C)cc4-c4ccccc4)c4cc(-n5c6ccccc6c6cc(N(c7ccccc7)c7ccccc7)ccc65)cc2c43)c(-c2ccccc2)c1. The largest absolute Gasteiger partial charge is 0.310 e. The van der Waals surface area contributed by atoms with Crippen LogP contribution in [0.25, 0.3) is 127 Å². The highest BCUT2D eigenvalue weighted by Crippen LogP contribution is 2.57. The average Bonchev–Trinajstić information content (AvgIpc) is 1.61. The molecule has 0 saturated carbocycles. The second kappa shape index (κ2) is 31.1. The number of hydrogen-bond donors (Lipinski definition) is 0. The first kappa shape index (κ1) is 84.2. The average molecular weight is 1720 g/mol. The Morgan fingerprint density at radius 2 is 0.474 bits per heavy atom. The van der Waals surface area contributed by atoms with Gasteiger partial charge in [0.25, 0.3) is 6.71 Å². The van der Waals surface area contributed by atoms with Gasteiger partial charge in [-0.2, -0.15) is 0 Å². The Morgan fingerprint density at radius 3 is 0.797 bits per heavy atom. The molecule has 0 atom stereocenters. The molecule has 20 aromatic rings. The molecule has 133 heavy (non-hydrogen) atoms. The summed E-state index contributed by atoms with van der Waals surface area (Å²) >= 11 is 0. The van der Waals surface area contributed by atoms with E-state index in [0.29, 0.717) is 0 Å². The molecule has 22 rings (SSSR count). The molecule has 0 saturated heterocycles. The Bertz CT molecular complexity index is 7360. The third-order valence-corrected chi connectivity index (χ3v) is 28.5. The van der Waals surface area contributed by atoms with Gasteiger partial charge in [-0.3, -0.25) is 0 Å². The first-order valence-corrected chi connectivity index (χ1v) is 47.6. The normalized spacial score (nSPS) is 13.1. The van der Waals surface area contributed by atoms with Crippen molar-refractivity contribution < 1.29 is 0 Å². The Hall–Kier alpha value is -14.4. The third-order valence-electron chi connectivity index (χ3n) is 28.5. The molecule has 17 aromatic carbocycles. The minimum Gasteiger partial charge on any atom is -0.310 e. The third kappa shape index (κ3) is 14.3. The number of rotatable bonds is 12. The van der Waals surface area contributed by atoms with Gasteiger partial charge in [-0.25, -0.2) is 0 Å². The molecule has 3 aromatic heterocycles. The van der Waals surface area contributed by atoms with Crippen molar-refractivity contribution in [3.8, 4) is 61.6 Å². The quantitative estimate of drug-likeness (QED) is 0.114. The molecular weight excluding hydrogens is 1610 g/mol. The van der Waals surface area contributed by atoms with Gasteiger partial charge in [0.05, 0.1) is 50.2 Å². The summed E-state index contributed by atoms with van der Waals surface area (Å²) in [5.74, 6) is 0. The Kier molecular flexibility index (Phi) is 19.7. The van der Waals surface area contributed by atoms with E-state index in [0.717, 1.165) is 157 Å². The van der Waals surface area contributed by atoms with E-state index in [-0.39, 0.29) is 39.2 Å². The molecule has 0 radical (unpaired) electrons. The van der Waals surface area contributed by atoms with Crippen LogP contribution in [0.3, 0.4) is 0 Å². The van der Waals surface area contributed by atoms with Crippen molar-refractivity contribution in [3.05, 3.63) is 403 Å². The number of para-hydroxylation sites is 3. The van der Waals surface area contributed by atoms with Crippen LogP contribution in [-0.4, -0.2) is 20.4 Å². The topological polar surface area (TPSA) is 24.5 Å². The van der Waals surface area contributed by atoms with Crippen molar-refractivity contribution in [2.45, 2.75) is 157 Å². The predicted octanol–water partition coefficient (Wildman–Crippen LogP) is 33.0. The fourth-order valence-electron chi connectivity index (χ4n) is 21.3. The van der Waals surface area contributed by atoms with E-state index in [1.54, 1.807) is 0 Å². The van der Waals surface area contributed by atoms with Crippen molar-refractivity contribution in [2.75, 3.05) is 14.7 Å². The zero-order chi connectivity index (χ0) is 91.8. The van der Waals surface area contributed by atoms with E-state index in [4.69, 9.17) is 0 Å². The lowest BCUT2D eigenvalue weighted by atomic mass is 9.33. The van der Waals surface area contributed by atoms with Crippen LogP contribution in [0, 0.1) is 0 Å². The summed E-state index contributed by atoms with van der Waals surface area (Å²) in [5.41, 5.74) is 39.2. The minimum absolute atomic E-state index is 0.101. The van der Waals surface area contributed by atoms with Gasteiger partial charge in [-0.1, -0.05) is 337 Å². The number of anilines is 9. The molecule has 0 amide bonds. The van der Waals surface area contributed by atoms with E-state index in [9.17, 15) is 0 Å². The number of hydrogen-bond acceptors (Lipinski definition) is 3. The molecule has 0 N–H and O–H groups in total. The van der Waals surface area contributed by atoms with Gasteiger partial charge in [0.15, 0.2) is 0 Å². The molecule has 0 spiro atoms. The molecule has 6 nitrogen and oxygen atoms in total. The summed E-state index contributed by atoms with van der Waals surface area (Å²) in [6.45, 7) is 42.0. The smallest absolute Gasteiger partial charge is 0.252 e. The maximum Gasteiger partial charge on any atom is 0.252 e. The fourth-order valence-corrected chi connectivity index (χ4v) is 21.3. The van der Waals surface area contributed by atoms with E-state index in [1.807, 2.05) is 0 Å². The second-order valence-electron chi connectivity index (χ2n) is 43.5. The maximum atomic E-state index is 2.77. The van der Waals surface area contributed by atoms with Crippen LogP contribution in [0.1, 0.15) is 158 Å². The van der Waals surface area contributed by atoms with Gasteiger partial charge in [-0.05, 0) is 262 Å². The lowest BCUT2D eigenvalue weighted by Gasteiger charge is -2.46. The van der Waals surface area contributed by atoms with Gasteiger partial charge in [-0.15, -0.1) is 0 Å². The molecule has 0 fully saturated rings. The highest BCUT2D eigenvalue weighted by atomic mass is 15.2. The second-order valence-corrected chi connectivity index (χ2v) is 43.5. The van der Waals surface area contributed by atoms with Crippen LogP contribution < -0.4 is 31.1 Å². The molecule has 2 aliphatic heterocycles. The maximum absolute atomic E-state index is 2.77. The van der Waals surface area contributed by atoms with E-state index < -0.39 is 0 Å². The molecule has 0 aliphatic carbocycles. The standard InChI is InChI=1S/C126H115BN6/c1-121(2,3)84-53-62-109-101(67-84)102-68-85(122(4,5)6)54-63-110(102)129(109)93-57-60-106-114(76-93)132(119-97(80-39-25-19-26-40-80)71-88(125(13,14)15)72-98(119)81-41-27-20-28-42-81)116-78-95(131-108-52-38-37-51-96(108)105-75-92(59-66-113(105)131)128(90-47-33-23-34-48-90)91-49-35-24-36-50-91)79-117-118(116)127(106)107-61-58-94(130-111-64-55-86(123(7,8)9)69-103(111)104-70-87(124(10,11)12)56-65-112(104)130)77-115(107)133(117)120-99(82-43-29-21-30-44-82)73-89(126(16,17)18)74-100(120)83-45-31-22-32-46-83/h19-79H,1-18H3. The van der Waals surface area contributed by atoms with Crippen LogP contribution in [0.5, 0.6) is 0 Å². The van der Waals surface area contributed by atoms with E-state index >= 15 is 0 Å². The lowest BCUT2D eigenvalue weighted by Crippen LogP contribution is -2.61. The van der Waals surface area contributed by atoms with Gasteiger partial charge < -0.3 is 28.4 Å². The molecule has 2 aliphatic rings. The van der Waals surface area contributed by atoms with E-state index in [2.05, 4.69) is 523 Å². The number of benzene rings is 17. The van der Waals surface area contributed by atoms with Crippen molar-refractivity contribution in [1.29, 1.82) is 0 Å². The summed E-state index contributed by atoms with van der Waals surface area (Å²) in [7, 11) is 0. The van der Waals surface area contributed by atoms with Crippen LogP contribution >= 0.6 is 0 Å². The minimum atomic E-state index is -0.366. The molecule has 5 heterocycles. The summed E-state index contributed by atoms with van der Waals surface area (Å²) in [6.07, 6.45) is 0. The van der Waals surface area contributed by atoms with Gasteiger partial charge in [0.1, 0.15) is 0 Å². The summed E-state index contributed by atoms with van der Waals surface area (Å²) < 4.78 is 7.78. The van der Waals surface area contributed by atoms with Crippen LogP contribution in [-0.2, 0) is 32.5 Å². The molecular formula is C126H115BN6. The molecule has 0 unspecified atom stereocenters. The summed E-state index contributed by atoms with van der Waals surface area (Å²) in [5, 5.41) is 7.28. The Balaban J connectivity index is 0.947. The summed E-state index contributed by atoms with van der Waals surface area (Å²) in [6, 6.07) is 143. The Labute approximate surface area is 784 Å². The first-order chi connectivity index (χ1) is 63.8. The van der Waals surface area contributed by atoms with Crippen LogP contribution in [0.4, 0.5) is 51.2 Å². The lowest BCUT2D eigenvalue weighted by molar-refractivity contribution is 0.590. The zero-order valence-electron chi connectivity index (χ0n) is 80.0. The number of aromatic nitrogens is 3. The number of nitrogens with zero attached hydrogens (tertiary/aromatic N) is 6. The number of fused-ring (bicyclic) bond motifs is 13. The molecule has 7 heteroatoms. The monoisotopic (exact) mass is 1720 g/mol. The highest BCUT2D eigenvalue weighted by Gasteiger charge is 2.47. The predicted molar refractivity (Wildman–Crippen MR) is 572 cm³/mol. The summed E-state index contributed by atoms with van der Waals surface area (Å²) in [4.78, 5) is 7.94. The van der Waals surface area contributed by atoms with Gasteiger partial charge in [0, 0.05) is 106 Å². The fraction of sp³-hybridized carbons (Fsp3) is 0.190. The van der Waals surface area contributed by atoms with Gasteiger partial charge >= 0.3 is 0 Å². The van der Waals surface area contributed by atoms with Crippen molar-refractivity contribution >= 4 is 140 Å². The first-order valence-electron chi connectivity index (χ1n) is 47.6. The van der Waals surface area contributed by atoms with Crippen molar-refractivity contribution in [2.24, 2.45) is 0 Å². The van der Waals surface area contributed by atoms with Crippen LogP contribution in [0.2, 0.25) is 0 Å². The van der Waals surface area contributed by atoms with Crippen molar-refractivity contribution in [1.82, 2.24) is 13.7 Å². The van der Waals surface area contributed by atoms with E-state index in [1.165, 1.54) is 71.3 Å². The zero-order valence-corrected chi connectivity index (χ0v) is 80.0. The van der Waals surface area contributed by atoms with Crippen molar-refractivity contribution in [3.63, 3.8) is 0 Å². The highest BCUT2D eigenvalue weighted by molar-refractivity contribution is 7.00.